The van der Waals surface area contributed by atoms with Crippen LogP contribution in [0.2, 0.25) is 0 Å². The van der Waals surface area contributed by atoms with Crippen LogP contribution in [0, 0.1) is 6.92 Å². The lowest BCUT2D eigenvalue weighted by Gasteiger charge is -2.19. The van der Waals surface area contributed by atoms with E-state index in [1.165, 1.54) is 0 Å². The summed E-state index contributed by atoms with van der Waals surface area (Å²) in [4.78, 5) is 16.3. The third-order valence-electron chi connectivity index (χ3n) is 3.31. The molecule has 22 heavy (non-hydrogen) atoms. The molecule has 0 saturated carbocycles. The molecule has 3 N–H and O–H groups in total. The standard InChI is InChI=1S/C17H21N3O2/c1-13-12-15(9-10-18-13)19-17(22)20-16(8-5-11-21)14-6-3-2-4-7-14/h2-4,6-7,9-10,12,16,21H,5,8,11H2,1H3,(H2,18,19,20,22). The van der Waals surface area contributed by atoms with Gasteiger partial charge in [0.15, 0.2) is 0 Å². The van der Waals surface area contributed by atoms with Crippen molar-refractivity contribution in [3.63, 3.8) is 0 Å². The molecule has 0 saturated heterocycles. The molecule has 116 valence electrons. The van der Waals surface area contributed by atoms with E-state index < -0.39 is 0 Å². The Morgan fingerprint density at radius 3 is 2.73 bits per heavy atom. The molecule has 0 aliphatic heterocycles. The zero-order valence-electron chi connectivity index (χ0n) is 12.6. The van der Waals surface area contributed by atoms with Crippen molar-refractivity contribution >= 4 is 11.7 Å². The fraction of sp³-hybridized carbons (Fsp3) is 0.294. The summed E-state index contributed by atoms with van der Waals surface area (Å²) < 4.78 is 0. The third-order valence-corrected chi connectivity index (χ3v) is 3.31. The number of aromatic nitrogens is 1. The molecule has 1 aromatic heterocycles. The van der Waals surface area contributed by atoms with Gasteiger partial charge in [0.1, 0.15) is 0 Å². The van der Waals surface area contributed by atoms with Crippen molar-refractivity contribution in [2.75, 3.05) is 11.9 Å². The lowest BCUT2D eigenvalue weighted by Crippen LogP contribution is -2.32. The molecule has 5 heteroatoms. The molecule has 1 unspecified atom stereocenters. The lowest BCUT2D eigenvalue weighted by atomic mass is 10.0. The van der Waals surface area contributed by atoms with Gasteiger partial charge in [0.25, 0.3) is 0 Å². The number of nitrogens with zero attached hydrogens (tertiary/aromatic N) is 1. The van der Waals surface area contributed by atoms with Crippen LogP contribution in [0.15, 0.2) is 48.7 Å². The second kappa shape index (κ2) is 8.14. The number of hydrogen-bond acceptors (Lipinski definition) is 3. The number of hydrogen-bond donors (Lipinski definition) is 3. The van der Waals surface area contributed by atoms with Crippen LogP contribution in [-0.2, 0) is 0 Å². The van der Waals surface area contributed by atoms with Crippen molar-refractivity contribution < 1.29 is 9.90 Å². The minimum atomic E-state index is -0.266. The van der Waals surface area contributed by atoms with Gasteiger partial charge < -0.3 is 15.7 Å². The molecule has 5 nitrogen and oxygen atoms in total. The van der Waals surface area contributed by atoms with Gasteiger partial charge in [-0.2, -0.15) is 0 Å². The molecule has 0 spiro atoms. The third kappa shape index (κ3) is 4.86. The maximum absolute atomic E-state index is 12.2. The highest BCUT2D eigenvalue weighted by Gasteiger charge is 2.14. The summed E-state index contributed by atoms with van der Waals surface area (Å²) in [5.41, 5.74) is 2.58. The fourth-order valence-electron chi connectivity index (χ4n) is 2.25. The van der Waals surface area contributed by atoms with E-state index in [-0.39, 0.29) is 18.7 Å². The summed E-state index contributed by atoms with van der Waals surface area (Å²) in [6.07, 6.45) is 2.98. The highest BCUT2D eigenvalue weighted by molar-refractivity contribution is 5.89. The Bertz CT molecular complexity index is 602. The van der Waals surface area contributed by atoms with E-state index in [4.69, 9.17) is 5.11 Å². The molecule has 0 aliphatic rings. The first-order chi connectivity index (χ1) is 10.7. The zero-order chi connectivity index (χ0) is 15.8. The number of benzene rings is 1. The molecule has 2 amide bonds. The zero-order valence-corrected chi connectivity index (χ0v) is 12.6. The van der Waals surface area contributed by atoms with Crippen LogP contribution < -0.4 is 10.6 Å². The van der Waals surface area contributed by atoms with Gasteiger partial charge in [-0.05, 0) is 37.5 Å². The Balaban J connectivity index is 2.01. The first kappa shape index (κ1) is 16.0. The lowest BCUT2D eigenvalue weighted by molar-refractivity contribution is 0.244. The molecule has 0 radical (unpaired) electrons. The second-order valence-corrected chi connectivity index (χ2v) is 5.11. The molecule has 2 rings (SSSR count). The van der Waals surface area contributed by atoms with E-state index in [9.17, 15) is 4.79 Å². The monoisotopic (exact) mass is 299 g/mol. The van der Waals surface area contributed by atoms with E-state index >= 15 is 0 Å². The Hall–Kier alpha value is -2.40. The predicted molar refractivity (Wildman–Crippen MR) is 86.6 cm³/mol. The van der Waals surface area contributed by atoms with Gasteiger partial charge >= 0.3 is 6.03 Å². The number of pyridine rings is 1. The van der Waals surface area contributed by atoms with Gasteiger partial charge in [-0.3, -0.25) is 4.98 Å². The van der Waals surface area contributed by atoms with Crippen LogP contribution in [0.25, 0.3) is 0 Å². The van der Waals surface area contributed by atoms with E-state index in [1.54, 1.807) is 12.3 Å². The van der Waals surface area contributed by atoms with Gasteiger partial charge in [-0.1, -0.05) is 30.3 Å². The molecule has 0 fully saturated rings. The van der Waals surface area contributed by atoms with Crippen LogP contribution in [0.4, 0.5) is 10.5 Å². The van der Waals surface area contributed by atoms with E-state index in [0.29, 0.717) is 18.5 Å². The first-order valence-electron chi connectivity index (χ1n) is 7.35. The number of anilines is 1. The summed E-state index contributed by atoms with van der Waals surface area (Å²) in [5.74, 6) is 0. The van der Waals surface area contributed by atoms with Crippen molar-refractivity contribution in [3.05, 3.63) is 59.9 Å². The van der Waals surface area contributed by atoms with Gasteiger partial charge in [0.2, 0.25) is 0 Å². The molecule has 1 atom stereocenters. The van der Waals surface area contributed by atoms with Crippen molar-refractivity contribution in [2.45, 2.75) is 25.8 Å². The number of carbonyl (C=O) groups excluding carboxylic acids is 1. The highest BCUT2D eigenvalue weighted by Crippen LogP contribution is 2.18. The smallest absolute Gasteiger partial charge is 0.319 e. The average molecular weight is 299 g/mol. The molecule has 0 aliphatic carbocycles. The minimum Gasteiger partial charge on any atom is -0.396 e. The van der Waals surface area contributed by atoms with Crippen molar-refractivity contribution in [2.24, 2.45) is 0 Å². The van der Waals surface area contributed by atoms with Crippen molar-refractivity contribution in [1.29, 1.82) is 0 Å². The molecule has 0 bridgehead atoms. The number of rotatable bonds is 6. The number of amides is 2. The molecular weight excluding hydrogens is 278 g/mol. The number of urea groups is 1. The quantitative estimate of drug-likeness (QED) is 0.767. The van der Waals surface area contributed by atoms with Crippen LogP contribution in [0.3, 0.4) is 0 Å². The highest BCUT2D eigenvalue weighted by atomic mass is 16.3. The summed E-state index contributed by atoms with van der Waals surface area (Å²) >= 11 is 0. The minimum absolute atomic E-state index is 0.107. The number of aliphatic hydroxyl groups is 1. The molecule has 2 aromatic rings. The van der Waals surface area contributed by atoms with Gasteiger partial charge in [-0.25, -0.2) is 4.79 Å². The predicted octanol–water partition coefficient (Wildman–Crippen LogP) is 3.03. The summed E-state index contributed by atoms with van der Waals surface area (Å²) in [7, 11) is 0. The molecule has 1 heterocycles. The second-order valence-electron chi connectivity index (χ2n) is 5.11. The number of aliphatic hydroxyl groups excluding tert-OH is 1. The maximum Gasteiger partial charge on any atom is 0.319 e. The van der Waals surface area contributed by atoms with Crippen LogP contribution >= 0.6 is 0 Å². The Morgan fingerprint density at radius 1 is 1.27 bits per heavy atom. The Labute approximate surface area is 130 Å². The number of aryl methyl sites for hydroxylation is 1. The van der Waals surface area contributed by atoms with Crippen LogP contribution in [0.1, 0.15) is 30.1 Å². The topological polar surface area (TPSA) is 74.2 Å². The normalized spacial score (nSPS) is 11.7. The van der Waals surface area contributed by atoms with E-state index in [2.05, 4.69) is 15.6 Å². The van der Waals surface area contributed by atoms with Crippen LogP contribution in [-0.4, -0.2) is 22.7 Å². The fourth-order valence-corrected chi connectivity index (χ4v) is 2.25. The van der Waals surface area contributed by atoms with Gasteiger partial charge in [0.05, 0.1) is 6.04 Å². The summed E-state index contributed by atoms with van der Waals surface area (Å²) in [6, 6.07) is 12.9. The molecule has 1 aromatic carbocycles. The molecular formula is C17H21N3O2. The largest absolute Gasteiger partial charge is 0.396 e. The first-order valence-corrected chi connectivity index (χ1v) is 7.35. The van der Waals surface area contributed by atoms with Crippen molar-refractivity contribution in [3.8, 4) is 0 Å². The maximum atomic E-state index is 12.2. The number of nitrogens with one attached hydrogen (secondary N) is 2. The van der Waals surface area contributed by atoms with Gasteiger partial charge in [-0.15, -0.1) is 0 Å². The number of carbonyl (C=O) groups is 1. The average Bonchev–Trinajstić information content (AvgIpc) is 2.52. The Morgan fingerprint density at radius 2 is 2.05 bits per heavy atom. The van der Waals surface area contributed by atoms with E-state index in [0.717, 1.165) is 11.3 Å². The summed E-state index contributed by atoms with van der Waals surface area (Å²) in [6.45, 7) is 1.98. The van der Waals surface area contributed by atoms with E-state index in [1.807, 2.05) is 43.3 Å². The summed E-state index contributed by atoms with van der Waals surface area (Å²) in [5, 5.41) is 14.8. The van der Waals surface area contributed by atoms with Crippen LogP contribution in [0.5, 0.6) is 0 Å². The Kier molecular flexibility index (Phi) is 5.91. The SMILES string of the molecule is Cc1cc(NC(=O)NC(CCCO)c2ccccc2)ccn1. The van der Waals surface area contributed by atoms with Crippen molar-refractivity contribution in [1.82, 2.24) is 10.3 Å². The van der Waals surface area contributed by atoms with Gasteiger partial charge in [0, 0.05) is 24.2 Å².